The number of carbonyl (C=O) groups excluding carboxylic acids is 2. The molecule has 2 amide bonds. The molecule has 1 heterocycles. The maximum atomic E-state index is 12.4. The molecular formula is C15H28N2O2. The van der Waals surface area contributed by atoms with Gasteiger partial charge in [0.1, 0.15) is 0 Å². The van der Waals surface area contributed by atoms with Crippen molar-refractivity contribution in [2.75, 3.05) is 26.2 Å². The van der Waals surface area contributed by atoms with Crippen molar-refractivity contribution in [2.24, 2.45) is 5.92 Å². The van der Waals surface area contributed by atoms with Crippen LogP contribution in [0.2, 0.25) is 0 Å². The van der Waals surface area contributed by atoms with Gasteiger partial charge >= 0.3 is 0 Å². The van der Waals surface area contributed by atoms with Crippen molar-refractivity contribution >= 4 is 11.8 Å². The first-order chi connectivity index (χ1) is 9.13. The van der Waals surface area contributed by atoms with Gasteiger partial charge in [0.25, 0.3) is 0 Å². The number of hydrogen-bond acceptors (Lipinski definition) is 2. The molecule has 19 heavy (non-hydrogen) atoms. The van der Waals surface area contributed by atoms with E-state index in [1.54, 1.807) is 0 Å². The third-order valence-electron chi connectivity index (χ3n) is 3.82. The van der Waals surface area contributed by atoms with E-state index in [1.807, 2.05) is 16.7 Å². The zero-order chi connectivity index (χ0) is 14.3. The van der Waals surface area contributed by atoms with Gasteiger partial charge in [-0.2, -0.15) is 0 Å². The van der Waals surface area contributed by atoms with Crippen LogP contribution in [0.1, 0.15) is 52.9 Å². The number of likely N-dealkylation sites (tertiary alicyclic amines) is 1. The second-order valence-electron chi connectivity index (χ2n) is 5.37. The van der Waals surface area contributed by atoms with Gasteiger partial charge in [-0.3, -0.25) is 9.59 Å². The Hall–Kier alpha value is -1.06. The van der Waals surface area contributed by atoms with Crippen LogP contribution in [0, 0.1) is 5.92 Å². The molecule has 0 saturated carbocycles. The summed E-state index contributed by atoms with van der Waals surface area (Å²) >= 11 is 0. The largest absolute Gasteiger partial charge is 0.343 e. The van der Waals surface area contributed by atoms with Crippen molar-refractivity contribution in [3.8, 4) is 0 Å². The van der Waals surface area contributed by atoms with Crippen LogP contribution in [0.5, 0.6) is 0 Å². The first-order valence-electron chi connectivity index (χ1n) is 7.70. The number of carbonyl (C=O) groups is 2. The van der Waals surface area contributed by atoms with Gasteiger partial charge in [0.2, 0.25) is 11.8 Å². The van der Waals surface area contributed by atoms with Gasteiger partial charge in [-0.25, -0.2) is 0 Å². The lowest BCUT2D eigenvalue weighted by Gasteiger charge is -2.24. The minimum Gasteiger partial charge on any atom is -0.343 e. The molecule has 0 bridgehead atoms. The molecule has 1 fully saturated rings. The normalized spacial score (nSPS) is 19.0. The van der Waals surface area contributed by atoms with E-state index in [1.165, 1.54) is 0 Å². The summed E-state index contributed by atoms with van der Waals surface area (Å²) in [6.07, 6.45) is 4.65. The molecule has 110 valence electrons. The van der Waals surface area contributed by atoms with Crippen molar-refractivity contribution in [3.05, 3.63) is 0 Å². The molecule has 1 aliphatic rings. The highest BCUT2D eigenvalue weighted by Gasteiger charge is 2.35. The number of hydrogen-bond donors (Lipinski definition) is 0. The lowest BCUT2D eigenvalue weighted by atomic mass is 10.1. The van der Waals surface area contributed by atoms with Crippen LogP contribution >= 0.6 is 0 Å². The summed E-state index contributed by atoms with van der Waals surface area (Å²) in [6, 6.07) is 0. The quantitative estimate of drug-likeness (QED) is 0.677. The SMILES string of the molecule is CCCCN1CC(C(=O)N(CC)CCCC)CC1=O. The minimum absolute atomic E-state index is 0.110. The minimum atomic E-state index is -0.110. The zero-order valence-corrected chi connectivity index (χ0v) is 12.7. The molecule has 0 aliphatic carbocycles. The van der Waals surface area contributed by atoms with Crippen LogP contribution < -0.4 is 0 Å². The van der Waals surface area contributed by atoms with Crippen molar-refractivity contribution < 1.29 is 9.59 Å². The summed E-state index contributed by atoms with van der Waals surface area (Å²) in [7, 11) is 0. The van der Waals surface area contributed by atoms with Gasteiger partial charge in [0, 0.05) is 32.6 Å². The van der Waals surface area contributed by atoms with Crippen molar-refractivity contribution in [1.82, 2.24) is 9.80 Å². The number of nitrogens with zero attached hydrogens (tertiary/aromatic N) is 2. The molecular weight excluding hydrogens is 240 g/mol. The topological polar surface area (TPSA) is 40.6 Å². The fourth-order valence-electron chi connectivity index (χ4n) is 2.53. The van der Waals surface area contributed by atoms with Gasteiger partial charge in [-0.1, -0.05) is 26.7 Å². The van der Waals surface area contributed by atoms with Crippen LogP contribution in [0.15, 0.2) is 0 Å². The average Bonchev–Trinajstić information content (AvgIpc) is 2.78. The number of unbranched alkanes of at least 4 members (excludes halogenated alkanes) is 2. The smallest absolute Gasteiger partial charge is 0.227 e. The average molecular weight is 268 g/mol. The summed E-state index contributed by atoms with van der Waals surface area (Å²) in [5.41, 5.74) is 0. The third-order valence-corrected chi connectivity index (χ3v) is 3.82. The molecule has 1 unspecified atom stereocenters. The van der Waals surface area contributed by atoms with Crippen LogP contribution in [0.3, 0.4) is 0 Å². The Balaban J connectivity index is 2.51. The Bertz CT molecular complexity index is 305. The van der Waals surface area contributed by atoms with Gasteiger partial charge < -0.3 is 9.80 Å². The lowest BCUT2D eigenvalue weighted by Crippen LogP contribution is -2.38. The maximum Gasteiger partial charge on any atom is 0.227 e. The standard InChI is InChI=1S/C15H28N2O2/c1-4-7-9-16(6-3)15(19)13-11-14(18)17(12-13)10-8-5-2/h13H,4-12H2,1-3H3. The number of rotatable bonds is 8. The molecule has 1 atom stereocenters. The Morgan fingerprint density at radius 3 is 2.53 bits per heavy atom. The molecule has 0 radical (unpaired) electrons. The summed E-state index contributed by atoms with van der Waals surface area (Å²) in [4.78, 5) is 28.0. The third kappa shape index (κ3) is 4.51. The van der Waals surface area contributed by atoms with Crippen molar-refractivity contribution in [1.29, 1.82) is 0 Å². The second-order valence-corrected chi connectivity index (χ2v) is 5.37. The Morgan fingerprint density at radius 1 is 1.26 bits per heavy atom. The molecule has 1 aliphatic heterocycles. The zero-order valence-electron chi connectivity index (χ0n) is 12.7. The first-order valence-corrected chi connectivity index (χ1v) is 7.70. The predicted octanol–water partition coefficient (Wildman–Crippen LogP) is 2.28. The molecule has 1 rings (SSSR count). The molecule has 0 aromatic heterocycles. The van der Waals surface area contributed by atoms with Crippen LogP contribution in [0.25, 0.3) is 0 Å². The summed E-state index contributed by atoms with van der Waals surface area (Å²) in [6.45, 7) is 9.26. The molecule has 0 N–H and O–H groups in total. The van der Waals surface area contributed by atoms with Gasteiger partial charge in [0.05, 0.1) is 5.92 Å². The molecule has 0 spiro atoms. The second kappa shape index (κ2) is 8.18. The van der Waals surface area contributed by atoms with E-state index < -0.39 is 0 Å². The van der Waals surface area contributed by atoms with E-state index >= 15 is 0 Å². The highest BCUT2D eigenvalue weighted by molar-refractivity contribution is 5.89. The van der Waals surface area contributed by atoms with E-state index in [4.69, 9.17) is 0 Å². The van der Waals surface area contributed by atoms with Crippen molar-refractivity contribution in [3.63, 3.8) is 0 Å². The fourth-order valence-corrected chi connectivity index (χ4v) is 2.53. The Kier molecular flexibility index (Phi) is 6.89. The Morgan fingerprint density at radius 2 is 1.95 bits per heavy atom. The highest BCUT2D eigenvalue weighted by atomic mass is 16.2. The summed E-state index contributed by atoms with van der Waals surface area (Å²) in [5, 5.41) is 0. The Labute approximate surface area is 117 Å². The highest BCUT2D eigenvalue weighted by Crippen LogP contribution is 2.20. The van der Waals surface area contributed by atoms with Gasteiger partial charge in [-0.15, -0.1) is 0 Å². The monoisotopic (exact) mass is 268 g/mol. The van der Waals surface area contributed by atoms with Crippen LogP contribution in [-0.4, -0.2) is 47.8 Å². The first kappa shape index (κ1) is 16.0. The van der Waals surface area contributed by atoms with Crippen LogP contribution in [0.4, 0.5) is 0 Å². The predicted molar refractivity (Wildman–Crippen MR) is 76.8 cm³/mol. The van der Waals surface area contributed by atoms with Crippen LogP contribution in [-0.2, 0) is 9.59 Å². The molecule has 4 heteroatoms. The van der Waals surface area contributed by atoms with Crippen molar-refractivity contribution in [2.45, 2.75) is 52.9 Å². The molecule has 0 aromatic rings. The fraction of sp³-hybridized carbons (Fsp3) is 0.867. The van der Waals surface area contributed by atoms with E-state index in [9.17, 15) is 9.59 Å². The van der Waals surface area contributed by atoms with Gasteiger partial charge in [-0.05, 0) is 19.8 Å². The molecule has 0 aromatic carbocycles. The lowest BCUT2D eigenvalue weighted by molar-refractivity contribution is -0.135. The molecule has 1 saturated heterocycles. The summed E-state index contributed by atoms with van der Waals surface area (Å²) < 4.78 is 0. The maximum absolute atomic E-state index is 12.4. The van der Waals surface area contributed by atoms with E-state index in [-0.39, 0.29) is 17.7 Å². The van der Waals surface area contributed by atoms with Gasteiger partial charge in [0.15, 0.2) is 0 Å². The number of amides is 2. The van der Waals surface area contributed by atoms with E-state index in [0.717, 1.165) is 45.3 Å². The van der Waals surface area contributed by atoms with E-state index in [2.05, 4.69) is 13.8 Å². The molecule has 4 nitrogen and oxygen atoms in total. The summed E-state index contributed by atoms with van der Waals surface area (Å²) in [5.74, 6) is 0.211. The van der Waals surface area contributed by atoms with E-state index in [0.29, 0.717) is 13.0 Å².